The van der Waals surface area contributed by atoms with Crippen molar-refractivity contribution in [2.75, 3.05) is 26.3 Å². The minimum Gasteiger partial charge on any atom is -0.503 e. The molecule has 1 fully saturated rings. The van der Waals surface area contributed by atoms with Gasteiger partial charge in [-0.15, -0.1) is 0 Å². The molecule has 0 saturated carbocycles. The third-order valence-electron chi connectivity index (χ3n) is 2.89. The molecule has 1 aromatic carbocycles. The predicted molar refractivity (Wildman–Crippen MR) is 62.9 cm³/mol. The average Bonchev–Trinajstić information content (AvgIpc) is 2.47. The average molecular weight is 290 g/mol. The number of carbonyl (C=O) groups excluding carboxylic acids is 1. The number of phenolic OH excluding ortho intramolecular Hbond substituents is 1. The number of rotatable bonds is 3. The summed E-state index contributed by atoms with van der Waals surface area (Å²) in [6.07, 6.45) is 0. The second-order valence-electron chi connectivity index (χ2n) is 4.32. The van der Waals surface area contributed by atoms with Crippen molar-refractivity contribution in [3.63, 3.8) is 0 Å². The number of phenols is 1. The minimum absolute atomic E-state index is 0.137. The standard InChI is InChI=1S/C12H13F3N2O3/c13-8-3-7(9(14)11(18)10(8)15)12(19)17-4-6-5-20-2-1-16-6/h3,6,16,18H,1-2,4-5H2,(H,17,19). The second kappa shape index (κ2) is 6.10. The summed E-state index contributed by atoms with van der Waals surface area (Å²) in [7, 11) is 0. The number of nitrogens with one attached hydrogen (secondary N) is 2. The van der Waals surface area contributed by atoms with Gasteiger partial charge < -0.3 is 20.5 Å². The lowest BCUT2D eigenvalue weighted by molar-refractivity contribution is 0.0733. The highest BCUT2D eigenvalue weighted by Gasteiger charge is 2.23. The van der Waals surface area contributed by atoms with Crippen molar-refractivity contribution in [1.82, 2.24) is 10.6 Å². The Morgan fingerprint density at radius 3 is 2.85 bits per heavy atom. The van der Waals surface area contributed by atoms with Gasteiger partial charge in [0.25, 0.3) is 5.91 Å². The first-order chi connectivity index (χ1) is 9.50. The molecule has 0 aliphatic carbocycles. The van der Waals surface area contributed by atoms with Gasteiger partial charge in [0.1, 0.15) is 0 Å². The van der Waals surface area contributed by atoms with Crippen LogP contribution in [0.3, 0.4) is 0 Å². The zero-order valence-electron chi connectivity index (χ0n) is 10.4. The van der Waals surface area contributed by atoms with Gasteiger partial charge in [-0.3, -0.25) is 4.79 Å². The highest BCUT2D eigenvalue weighted by atomic mass is 19.2. The molecule has 3 N–H and O–H groups in total. The summed E-state index contributed by atoms with van der Waals surface area (Å²) < 4.78 is 44.6. The molecule has 20 heavy (non-hydrogen) atoms. The number of amides is 1. The van der Waals surface area contributed by atoms with Gasteiger partial charge in [0.15, 0.2) is 17.4 Å². The normalized spacial score (nSPS) is 18.9. The van der Waals surface area contributed by atoms with Crippen molar-refractivity contribution >= 4 is 5.91 Å². The molecule has 1 amide bonds. The Kier molecular flexibility index (Phi) is 4.46. The van der Waals surface area contributed by atoms with Crippen LogP contribution in [0.2, 0.25) is 0 Å². The number of hydrogen-bond donors (Lipinski definition) is 3. The Morgan fingerprint density at radius 2 is 2.20 bits per heavy atom. The molecule has 1 heterocycles. The van der Waals surface area contributed by atoms with Crippen molar-refractivity contribution in [1.29, 1.82) is 0 Å². The van der Waals surface area contributed by atoms with Crippen LogP contribution in [0.5, 0.6) is 5.75 Å². The molecule has 1 atom stereocenters. The maximum atomic E-state index is 13.5. The first-order valence-electron chi connectivity index (χ1n) is 5.96. The number of carbonyl (C=O) groups is 1. The lowest BCUT2D eigenvalue weighted by Gasteiger charge is -2.24. The Bertz CT molecular complexity index is 519. The van der Waals surface area contributed by atoms with E-state index in [1.165, 1.54) is 0 Å². The molecule has 1 unspecified atom stereocenters. The molecule has 8 heteroatoms. The number of morpholine rings is 1. The maximum absolute atomic E-state index is 13.5. The second-order valence-corrected chi connectivity index (χ2v) is 4.32. The van der Waals surface area contributed by atoms with E-state index in [0.29, 0.717) is 25.8 Å². The fourth-order valence-electron chi connectivity index (χ4n) is 1.82. The summed E-state index contributed by atoms with van der Waals surface area (Å²) in [5.41, 5.74) is -0.752. The number of aromatic hydroxyl groups is 1. The Labute approximate surface area is 112 Å². The summed E-state index contributed by atoms with van der Waals surface area (Å²) >= 11 is 0. The predicted octanol–water partition coefficient (Wildman–Crippen LogP) is 0.528. The molecule has 1 aliphatic rings. The van der Waals surface area contributed by atoms with Crippen LogP contribution in [-0.4, -0.2) is 43.4 Å². The molecule has 0 aromatic heterocycles. The van der Waals surface area contributed by atoms with E-state index >= 15 is 0 Å². The van der Waals surface area contributed by atoms with E-state index in [9.17, 15) is 18.0 Å². The van der Waals surface area contributed by atoms with E-state index in [0.717, 1.165) is 0 Å². The third-order valence-corrected chi connectivity index (χ3v) is 2.89. The van der Waals surface area contributed by atoms with E-state index < -0.39 is 34.7 Å². The number of halogens is 3. The first-order valence-corrected chi connectivity index (χ1v) is 5.96. The van der Waals surface area contributed by atoms with Crippen LogP contribution >= 0.6 is 0 Å². The van der Waals surface area contributed by atoms with Crippen LogP contribution in [0, 0.1) is 17.5 Å². The maximum Gasteiger partial charge on any atom is 0.254 e. The Morgan fingerprint density at radius 1 is 1.45 bits per heavy atom. The lowest BCUT2D eigenvalue weighted by Crippen LogP contribution is -2.48. The fraction of sp³-hybridized carbons (Fsp3) is 0.417. The van der Waals surface area contributed by atoms with Gasteiger partial charge in [-0.1, -0.05) is 0 Å². The van der Waals surface area contributed by atoms with Crippen LogP contribution in [0.25, 0.3) is 0 Å². The molecular formula is C12H13F3N2O3. The molecule has 110 valence electrons. The molecule has 1 aromatic rings. The quantitative estimate of drug-likeness (QED) is 0.710. The Hall–Kier alpha value is -1.80. The van der Waals surface area contributed by atoms with Crippen LogP contribution in [-0.2, 0) is 4.74 Å². The van der Waals surface area contributed by atoms with Crippen molar-refractivity contribution in [2.45, 2.75) is 6.04 Å². The van der Waals surface area contributed by atoms with Gasteiger partial charge in [0.05, 0.1) is 18.8 Å². The first kappa shape index (κ1) is 14.6. The highest BCUT2D eigenvalue weighted by molar-refractivity contribution is 5.95. The third kappa shape index (κ3) is 3.02. The molecule has 1 aliphatic heterocycles. The molecule has 0 radical (unpaired) electrons. The van der Waals surface area contributed by atoms with Gasteiger partial charge in [-0.25, -0.2) is 8.78 Å². The van der Waals surface area contributed by atoms with Crippen molar-refractivity contribution in [3.05, 3.63) is 29.1 Å². The zero-order valence-corrected chi connectivity index (χ0v) is 10.4. The Balaban J connectivity index is 2.05. The van der Waals surface area contributed by atoms with Crippen molar-refractivity contribution < 1.29 is 27.8 Å². The molecule has 1 saturated heterocycles. The number of ether oxygens (including phenoxy) is 1. The van der Waals surface area contributed by atoms with Crippen LogP contribution in [0.4, 0.5) is 13.2 Å². The zero-order chi connectivity index (χ0) is 14.7. The molecule has 5 nitrogen and oxygen atoms in total. The van der Waals surface area contributed by atoms with Gasteiger partial charge >= 0.3 is 0 Å². The summed E-state index contributed by atoms with van der Waals surface area (Å²) in [5, 5.41) is 14.4. The molecule has 0 spiro atoms. The van der Waals surface area contributed by atoms with E-state index in [1.807, 2.05) is 0 Å². The van der Waals surface area contributed by atoms with Crippen LogP contribution in [0.15, 0.2) is 6.07 Å². The largest absolute Gasteiger partial charge is 0.503 e. The number of hydrogen-bond acceptors (Lipinski definition) is 4. The van der Waals surface area contributed by atoms with Crippen molar-refractivity contribution in [2.24, 2.45) is 0 Å². The van der Waals surface area contributed by atoms with Gasteiger partial charge in [-0.2, -0.15) is 4.39 Å². The van der Waals surface area contributed by atoms with Gasteiger partial charge in [0, 0.05) is 19.1 Å². The fourth-order valence-corrected chi connectivity index (χ4v) is 1.82. The van der Waals surface area contributed by atoms with Crippen LogP contribution < -0.4 is 10.6 Å². The summed E-state index contributed by atoms with van der Waals surface area (Å²) in [4.78, 5) is 11.7. The minimum atomic E-state index is -1.72. The summed E-state index contributed by atoms with van der Waals surface area (Å²) in [5.74, 6) is -7.15. The van der Waals surface area contributed by atoms with Crippen LogP contribution in [0.1, 0.15) is 10.4 Å². The van der Waals surface area contributed by atoms with E-state index in [4.69, 9.17) is 9.84 Å². The topological polar surface area (TPSA) is 70.6 Å². The molecule has 0 bridgehead atoms. The smallest absolute Gasteiger partial charge is 0.254 e. The van der Waals surface area contributed by atoms with E-state index in [1.54, 1.807) is 0 Å². The highest BCUT2D eigenvalue weighted by Crippen LogP contribution is 2.25. The van der Waals surface area contributed by atoms with E-state index in [2.05, 4.69) is 10.6 Å². The summed E-state index contributed by atoms with van der Waals surface area (Å²) in [6, 6.07) is 0.263. The van der Waals surface area contributed by atoms with Crippen molar-refractivity contribution in [3.8, 4) is 5.75 Å². The SMILES string of the molecule is O=C(NCC1COCCN1)c1cc(F)c(F)c(O)c1F. The van der Waals surface area contributed by atoms with Gasteiger partial charge in [0.2, 0.25) is 5.82 Å². The van der Waals surface area contributed by atoms with Gasteiger partial charge in [-0.05, 0) is 6.07 Å². The molecule has 2 rings (SSSR count). The molecular weight excluding hydrogens is 277 g/mol. The number of benzene rings is 1. The summed E-state index contributed by atoms with van der Waals surface area (Å²) in [6.45, 7) is 1.71. The lowest BCUT2D eigenvalue weighted by atomic mass is 10.1. The van der Waals surface area contributed by atoms with E-state index in [-0.39, 0.29) is 12.6 Å². The monoisotopic (exact) mass is 290 g/mol.